The Hall–Kier alpha value is 0.0569. The van der Waals surface area contributed by atoms with Crippen LogP contribution in [0.25, 0.3) is 0 Å². The van der Waals surface area contributed by atoms with Crippen molar-refractivity contribution in [3.05, 3.63) is 0 Å². The van der Waals surface area contributed by atoms with Gasteiger partial charge in [0.15, 0.2) is 0 Å². The zero-order valence-electron chi connectivity index (χ0n) is 16.7. The lowest BCUT2D eigenvalue weighted by Crippen LogP contribution is -2.69. The predicted octanol–water partition coefficient (Wildman–Crippen LogP) is 4.52. The number of rotatable bonds is 16. The highest BCUT2D eigenvalue weighted by Gasteiger charge is 2.48. The van der Waals surface area contributed by atoms with Gasteiger partial charge in [-0.1, -0.05) is 66.2 Å². The van der Waals surface area contributed by atoms with Crippen molar-refractivity contribution in [2.45, 2.75) is 79.1 Å². The van der Waals surface area contributed by atoms with Gasteiger partial charge in [0.05, 0.1) is 0 Å². The van der Waals surface area contributed by atoms with Gasteiger partial charge in [0.2, 0.25) is 0 Å². The van der Waals surface area contributed by atoms with Crippen LogP contribution in [0.1, 0.15) is 79.1 Å². The molecule has 5 heteroatoms. The van der Waals surface area contributed by atoms with Gasteiger partial charge in [-0.25, -0.2) is 0 Å². The van der Waals surface area contributed by atoms with Gasteiger partial charge in [-0.3, -0.25) is 9.13 Å². The Balaban J connectivity index is 4.96. The summed E-state index contributed by atoms with van der Waals surface area (Å²) < 4.78 is 17.1. The molecule has 0 saturated carbocycles. The highest BCUT2D eigenvalue weighted by atomic mass is 28.4. The molecule has 0 aliphatic rings. The van der Waals surface area contributed by atoms with Crippen LogP contribution in [0.3, 0.4) is 0 Å². The number of nitrogens with zero attached hydrogens (tertiary/aromatic N) is 2. The molecule has 0 fully saturated rings. The van der Waals surface area contributed by atoms with Crippen molar-refractivity contribution in [2.24, 2.45) is 0 Å². The van der Waals surface area contributed by atoms with Crippen molar-refractivity contribution >= 4 is 8.88 Å². The summed E-state index contributed by atoms with van der Waals surface area (Å²) in [6.07, 6.45) is 10.3. The molecule has 0 spiro atoms. The average Bonchev–Trinajstić information content (AvgIpc) is 2.58. The summed E-state index contributed by atoms with van der Waals surface area (Å²) in [4.78, 5) is 0. The van der Waals surface area contributed by atoms with Gasteiger partial charge in [-0.15, -0.1) is 0 Å². The van der Waals surface area contributed by atoms with Crippen molar-refractivity contribution in [3.8, 4) is 0 Å². The highest BCUT2D eigenvalue weighted by molar-refractivity contribution is 6.61. The number of hydrogen-bond acceptors (Lipinski definition) is 4. The maximum atomic E-state index is 6.08. The molecule has 0 aromatic heterocycles. The van der Waals surface area contributed by atoms with Gasteiger partial charge in [0.1, 0.15) is 0 Å². The Morgan fingerprint density at radius 3 is 1.35 bits per heavy atom. The van der Waals surface area contributed by atoms with E-state index in [9.17, 15) is 0 Å². The molecule has 0 aliphatic heterocycles. The Labute approximate surface area is 146 Å². The third-order valence-electron chi connectivity index (χ3n) is 4.66. The highest BCUT2D eigenvalue weighted by Crippen LogP contribution is 2.20. The van der Waals surface area contributed by atoms with E-state index in [0.29, 0.717) is 0 Å². The summed E-state index contributed by atoms with van der Waals surface area (Å²) in [5, 5.41) is 0. The molecule has 0 radical (unpaired) electrons. The maximum absolute atomic E-state index is 6.08. The second kappa shape index (κ2) is 14.4. The lowest BCUT2D eigenvalue weighted by molar-refractivity contribution is 0.0947. The normalized spacial score (nSPS) is 12.5. The van der Waals surface area contributed by atoms with Crippen LogP contribution >= 0.6 is 0 Å². The zero-order chi connectivity index (χ0) is 17.6. The number of unbranched alkanes of at least 4 members (excludes halogenated alkanes) is 6. The largest absolute Gasteiger partial charge is 0.521 e. The van der Waals surface area contributed by atoms with Gasteiger partial charge >= 0.3 is 8.88 Å². The SMILES string of the molecule is CCCCCCN(CCCCCC)[Si](OC)(OC)N(CC)CC. The Kier molecular flexibility index (Phi) is 14.4. The fourth-order valence-corrected chi connectivity index (χ4v) is 6.56. The molecule has 0 bridgehead atoms. The van der Waals surface area contributed by atoms with E-state index in [1.54, 1.807) is 0 Å². The van der Waals surface area contributed by atoms with Crippen LogP contribution in [0.5, 0.6) is 0 Å². The first-order valence-corrected chi connectivity index (χ1v) is 11.5. The van der Waals surface area contributed by atoms with Gasteiger partial charge in [-0.2, -0.15) is 0 Å². The second-order valence-electron chi connectivity index (χ2n) is 6.24. The summed E-state index contributed by atoms with van der Waals surface area (Å²) in [5.41, 5.74) is 0. The molecule has 0 rings (SSSR count). The van der Waals surface area contributed by atoms with Crippen molar-refractivity contribution in [2.75, 3.05) is 40.4 Å². The second-order valence-corrected chi connectivity index (χ2v) is 9.42. The Morgan fingerprint density at radius 2 is 1.04 bits per heavy atom. The van der Waals surface area contributed by atoms with Crippen molar-refractivity contribution in [1.29, 1.82) is 0 Å². The first-order valence-electron chi connectivity index (χ1n) is 9.77. The third kappa shape index (κ3) is 7.65. The van der Waals surface area contributed by atoms with Crippen LogP contribution in [0.4, 0.5) is 0 Å². The molecule has 4 nitrogen and oxygen atoms in total. The molecule has 140 valence electrons. The molecule has 0 heterocycles. The van der Waals surface area contributed by atoms with Gasteiger partial charge in [0, 0.05) is 14.2 Å². The van der Waals surface area contributed by atoms with Crippen molar-refractivity contribution < 1.29 is 8.85 Å². The average molecular weight is 347 g/mol. The minimum Gasteiger partial charge on any atom is -0.374 e. The number of hydrogen-bond donors (Lipinski definition) is 0. The fourth-order valence-electron chi connectivity index (χ4n) is 3.28. The molecule has 0 aromatic rings. The summed E-state index contributed by atoms with van der Waals surface area (Å²) in [7, 11) is 1.21. The minimum absolute atomic E-state index is 0.977. The van der Waals surface area contributed by atoms with E-state index in [2.05, 4.69) is 36.8 Å². The Bertz CT molecular complexity index is 247. The topological polar surface area (TPSA) is 24.9 Å². The molecule has 0 aliphatic carbocycles. The van der Waals surface area contributed by atoms with E-state index in [0.717, 1.165) is 26.2 Å². The lowest BCUT2D eigenvalue weighted by Gasteiger charge is -2.43. The van der Waals surface area contributed by atoms with Crippen LogP contribution in [0.15, 0.2) is 0 Å². The summed E-state index contributed by atoms with van der Waals surface area (Å²) in [5.74, 6) is 0. The molecule has 0 aromatic carbocycles. The van der Waals surface area contributed by atoms with E-state index >= 15 is 0 Å². The zero-order valence-corrected chi connectivity index (χ0v) is 17.7. The van der Waals surface area contributed by atoms with Crippen LogP contribution in [0, 0.1) is 0 Å². The molecule has 0 unspecified atom stereocenters. The van der Waals surface area contributed by atoms with E-state index < -0.39 is 8.88 Å². The summed E-state index contributed by atoms with van der Waals surface area (Å²) >= 11 is 0. The smallest absolute Gasteiger partial charge is 0.374 e. The lowest BCUT2D eigenvalue weighted by atomic mass is 10.2. The van der Waals surface area contributed by atoms with Gasteiger partial charge in [-0.05, 0) is 39.0 Å². The molecule has 23 heavy (non-hydrogen) atoms. The molecular weight excluding hydrogens is 304 g/mol. The van der Waals surface area contributed by atoms with Crippen LogP contribution in [0.2, 0.25) is 0 Å². The van der Waals surface area contributed by atoms with Crippen LogP contribution in [-0.4, -0.2) is 58.4 Å². The van der Waals surface area contributed by atoms with E-state index in [1.807, 2.05) is 14.2 Å². The molecule has 0 atom stereocenters. The fraction of sp³-hybridized carbons (Fsp3) is 1.00. The summed E-state index contributed by atoms with van der Waals surface area (Å²) in [6.45, 7) is 13.1. The first kappa shape index (κ1) is 23.1. The Morgan fingerprint density at radius 1 is 0.609 bits per heavy atom. The quantitative estimate of drug-likeness (QED) is 0.303. The van der Waals surface area contributed by atoms with Crippen LogP contribution < -0.4 is 0 Å². The van der Waals surface area contributed by atoms with E-state index in [-0.39, 0.29) is 0 Å². The minimum atomic E-state index is -2.46. The predicted molar refractivity (Wildman–Crippen MR) is 103 cm³/mol. The monoisotopic (exact) mass is 346 g/mol. The van der Waals surface area contributed by atoms with Crippen molar-refractivity contribution in [3.63, 3.8) is 0 Å². The molecule has 0 amide bonds. The molecular formula is C18H42N2O2Si. The maximum Gasteiger partial charge on any atom is 0.521 e. The van der Waals surface area contributed by atoms with Gasteiger partial charge in [0.25, 0.3) is 0 Å². The van der Waals surface area contributed by atoms with Crippen molar-refractivity contribution in [1.82, 2.24) is 9.13 Å². The molecule has 0 N–H and O–H groups in total. The third-order valence-corrected chi connectivity index (χ3v) is 8.40. The van der Waals surface area contributed by atoms with E-state index in [4.69, 9.17) is 8.85 Å². The summed E-state index contributed by atoms with van der Waals surface area (Å²) in [6, 6.07) is 0. The van der Waals surface area contributed by atoms with E-state index in [1.165, 1.54) is 51.4 Å². The van der Waals surface area contributed by atoms with Gasteiger partial charge < -0.3 is 8.85 Å². The standard InChI is InChI=1S/C18H42N2O2Si/c1-7-11-13-15-17-20(18-16-14-12-8-2)23(21-5,22-6)19(9-3)10-4/h7-18H2,1-6H3. The van der Waals surface area contributed by atoms with Crippen LogP contribution in [-0.2, 0) is 8.85 Å². The molecule has 0 saturated heterocycles. The first-order chi connectivity index (χ1) is 11.2.